The first kappa shape index (κ1) is 6.95. The summed E-state index contributed by atoms with van der Waals surface area (Å²) in [7, 11) is 0. The van der Waals surface area contributed by atoms with Crippen LogP contribution >= 0.6 is 0 Å². The number of nitrogens with zero attached hydrogens (tertiary/aromatic N) is 1. The molecule has 1 aromatic rings. The van der Waals surface area contributed by atoms with Crippen molar-refractivity contribution < 1.29 is 4.74 Å². The third-order valence-electron chi connectivity index (χ3n) is 2.39. The standard InChI is InChI=1S/C10H9N2O/c1-2-4-9-8(3-1)10-7(6-13-9)5-11-12-10/h1-5,7,11H,6H2. The molecule has 3 heteroatoms. The third-order valence-corrected chi connectivity index (χ3v) is 2.39. The lowest BCUT2D eigenvalue weighted by Crippen LogP contribution is -2.25. The lowest BCUT2D eigenvalue weighted by atomic mass is 9.95. The van der Waals surface area contributed by atoms with E-state index in [1.54, 1.807) is 0 Å². The first-order chi connectivity index (χ1) is 6.45. The van der Waals surface area contributed by atoms with Crippen molar-refractivity contribution in [1.82, 2.24) is 5.43 Å². The topological polar surface area (TPSA) is 33.6 Å². The summed E-state index contributed by atoms with van der Waals surface area (Å²) in [6.07, 6.45) is 0. The van der Waals surface area contributed by atoms with Gasteiger partial charge >= 0.3 is 0 Å². The minimum Gasteiger partial charge on any atom is -0.492 e. The number of benzene rings is 1. The van der Waals surface area contributed by atoms with Crippen LogP contribution in [-0.2, 0) is 0 Å². The van der Waals surface area contributed by atoms with Crippen LogP contribution in [0.5, 0.6) is 5.75 Å². The average Bonchev–Trinajstić information content (AvgIpc) is 2.65. The van der Waals surface area contributed by atoms with Gasteiger partial charge in [0.05, 0.1) is 24.8 Å². The minimum absolute atomic E-state index is 0.315. The van der Waals surface area contributed by atoms with E-state index >= 15 is 0 Å². The van der Waals surface area contributed by atoms with Crippen LogP contribution < -0.4 is 10.2 Å². The molecular formula is C10H9N2O. The van der Waals surface area contributed by atoms with Gasteiger partial charge in [-0.05, 0) is 12.1 Å². The van der Waals surface area contributed by atoms with Gasteiger partial charge in [-0.2, -0.15) is 5.10 Å². The van der Waals surface area contributed by atoms with E-state index < -0.39 is 0 Å². The van der Waals surface area contributed by atoms with Crippen molar-refractivity contribution in [2.24, 2.45) is 11.0 Å². The van der Waals surface area contributed by atoms with Crippen LogP contribution in [0, 0.1) is 12.5 Å². The van der Waals surface area contributed by atoms with E-state index in [2.05, 4.69) is 10.5 Å². The molecule has 13 heavy (non-hydrogen) atoms. The molecule has 3 rings (SSSR count). The number of rotatable bonds is 0. The number of hydrogen-bond donors (Lipinski definition) is 1. The van der Waals surface area contributed by atoms with Gasteiger partial charge in [0, 0.05) is 5.56 Å². The van der Waals surface area contributed by atoms with Gasteiger partial charge in [0.25, 0.3) is 0 Å². The lowest BCUT2D eigenvalue weighted by Gasteiger charge is -2.21. The second kappa shape index (κ2) is 2.49. The maximum atomic E-state index is 5.59. The van der Waals surface area contributed by atoms with Crippen molar-refractivity contribution in [3.63, 3.8) is 0 Å². The first-order valence-corrected chi connectivity index (χ1v) is 4.34. The van der Waals surface area contributed by atoms with Crippen LogP contribution in [0.2, 0.25) is 0 Å². The highest BCUT2D eigenvalue weighted by atomic mass is 16.5. The molecule has 0 spiro atoms. The van der Waals surface area contributed by atoms with Gasteiger partial charge in [-0.3, -0.25) is 0 Å². The Morgan fingerprint density at radius 1 is 1.38 bits per heavy atom. The van der Waals surface area contributed by atoms with E-state index in [0.717, 1.165) is 17.0 Å². The monoisotopic (exact) mass is 173 g/mol. The predicted molar refractivity (Wildman–Crippen MR) is 49.4 cm³/mol. The van der Waals surface area contributed by atoms with Crippen LogP contribution in [0.3, 0.4) is 0 Å². The molecule has 0 saturated heterocycles. The van der Waals surface area contributed by atoms with E-state index in [4.69, 9.17) is 4.74 Å². The summed E-state index contributed by atoms with van der Waals surface area (Å²) in [6.45, 7) is 2.66. The molecule has 2 heterocycles. The second-order valence-electron chi connectivity index (χ2n) is 3.21. The quantitative estimate of drug-likeness (QED) is 0.638. The van der Waals surface area contributed by atoms with E-state index in [-0.39, 0.29) is 0 Å². The Morgan fingerprint density at radius 2 is 2.31 bits per heavy atom. The summed E-state index contributed by atoms with van der Waals surface area (Å²) in [5.41, 5.74) is 5.10. The summed E-state index contributed by atoms with van der Waals surface area (Å²) in [6, 6.07) is 8.00. The van der Waals surface area contributed by atoms with Gasteiger partial charge in [-0.1, -0.05) is 12.1 Å². The van der Waals surface area contributed by atoms with Gasteiger partial charge in [-0.25, -0.2) is 0 Å². The molecule has 0 bridgehead atoms. The molecule has 0 amide bonds. The van der Waals surface area contributed by atoms with Crippen molar-refractivity contribution in [2.75, 3.05) is 6.61 Å². The number of nitrogens with one attached hydrogen (secondary N) is 1. The molecule has 1 atom stereocenters. The van der Waals surface area contributed by atoms with Crippen molar-refractivity contribution >= 4 is 5.71 Å². The van der Waals surface area contributed by atoms with E-state index in [0.29, 0.717) is 12.5 Å². The molecule has 2 aliphatic heterocycles. The molecular weight excluding hydrogens is 164 g/mol. The number of hydrazone groups is 1. The molecule has 3 nitrogen and oxygen atoms in total. The van der Waals surface area contributed by atoms with Crippen LogP contribution in [-0.4, -0.2) is 12.3 Å². The predicted octanol–water partition coefficient (Wildman–Crippen LogP) is 1.16. The van der Waals surface area contributed by atoms with Gasteiger partial charge in [0.2, 0.25) is 0 Å². The fourth-order valence-electron chi connectivity index (χ4n) is 1.73. The number of ether oxygens (including phenoxy) is 1. The minimum atomic E-state index is 0.315. The number of hydrogen-bond acceptors (Lipinski definition) is 3. The number of para-hydroxylation sites is 1. The summed E-state index contributed by atoms with van der Waals surface area (Å²) >= 11 is 0. The highest BCUT2D eigenvalue weighted by Gasteiger charge is 2.29. The lowest BCUT2D eigenvalue weighted by molar-refractivity contribution is 0.288. The van der Waals surface area contributed by atoms with Crippen LogP contribution in [0.4, 0.5) is 0 Å². The summed E-state index contributed by atoms with van der Waals surface area (Å²) in [4.78, 5) is 0. The van der Waals surface area contributed by atoms with Gasteiger partial charge in [0.1, 0.15) is 5.75 Å². The largest absolute Gasteiger partial charge is 0.492 e. The third kappa shape index (κ3) is 0.932. The molecule has 0 saturated carbocycles. The Morgan fingerprint density at radius 3 is 3.31 bits per heavy atom. The van der Waals surface area contributed by atoms with Crippen molar-refractivity contribution in [2.45, 2.75) is 0 Å². The van der Waals surface area contributed by atoms with Crippen LogP contribution in [0.25, 0.3) is 0 Å². The molecule has 65 valence electrons. The zero-order valence-electron chi connectivity index (χ0n) is 7.03. The molecule has 1 unspecified atom stereocenters. The van der Waals surface area contributed by atoms with Gasteiger partial charge < -0.3 is 10.2 Å². The zero-order valence-corrected chi connectivity index (χ0v) is 7.03. The van der Waals surface area contributed by atoms with E-state index in [1.807, 2.05) is 30.8 Å². The Kier molecular flexibility index (Phi) is 1.33. The average molecular weight is 173 g/mol. The Labute approximate surface area is 76.4 Å². The van der Waals surface area contributed by atoms with Crippen molar-refractivity contribution in [3.05, 3.63) is 36.4 Å². The maximum absolute atomic E-state index is 5.59. The Bertz CT molecular complexity index is 373. The SMILES string of the molecule is [CH]1NN=C2c3ccccc3OCC12. The fourth-order valence-corrected chi connectivity index (χ4v) is 1.73. The molecule has 0 aliphatic carbocycles. The molecule has 2 aliphatic rings. The summed E-state index contributed by atoms with van der Waals surface area (Å²) in [5, 5.41) is 4.23. The van der Waals surface area contributed by atoms with Gasteiger partial charge in [-0.15, -0.1) is 0 Å². The molecule has 0 aromatic heterocycles. The van der Waals surface area contributed by atoms with Crippen LogP contribution in [0.1, 0.15) is 5.56 Å². The highest BCUT2D eigenvalue weighted by molar-refractivity contribution is 6.06. The Hall–Kier alpha value is -1.51. The van der Waals surface area contributed by atoms with Crippen molar-refractivity contribution in [1.29, 1.82) is 0 Å². The van der Waals surface area contributed by atoms with E-state index in [9.17, 15) is 0 Å². The Balaban J connectivity index is 2.15. The smallest absolute Gasteiger partial charge is 0.128 e. The summed E-state index contributed by atoms with van der Waals surface area (Å²) < 4.78 is 5.59. The molecule has 1 aromatic carbocycles. The van der Waals surface area contributed by atoms with Crippen molar-refractivity contribution in [3.8, 4) is 5.75 Å². The van der Waals surface area contributed by atoms with Gasteiger partial charge in [0.15, 0.2) is 0 Å². The fraction of sp³-hybridized carbons (Fsp3) is 0.200. The first-order valence-electron chi connectivity index (χ1n) is 4.34. The van der Waals surface area contributed by atoms with E-state index in [1.165, 1.54) is 0 Å². The molecule has 0 fully saturated rings. The number of fused-ring (bicyclic) bond motifs is 3. The van der Waals surface area contributed by atoms with Crippen LogP contribution in [0.15, 0.2) is 29.4 Å². The molecule has 1 N–H and O–H groups in total. The molecule has 1 radical (unpaired) electrons. The normalized spacial score (nSPS) is 23.7. The second-order valence-corrected chi connectivity index (χ2v) is 3.21. The highest BCUT2D eigenvalue weighted by Crippen LogP contribution is 2.29. The zero-order chi connectivity index (χ0) is 8.67. The summed E-state index contributed by atoms with van der Waals surface area (Å²) in [5.74, 6) is 1.25. The maximum Gasteiger partial charge on any atom is 0.128 e.